The largest absolute Gasteiger partial charge is 0.481 e. The number of rotatable bonds is 6. The monoisotopic (exact) mass is 243 g/mol. The van der Waals surface area contributed by atoms with Gasteiger partial charge in [0, 0.05) is 19.0 Å². The fourth-order valence-corrected chi connectivity index (χ4v) is 1.38. The average molecular weight is 243 g/mol. The molecular weight excluding hydrogens is 228 g/mol. The highest BCUT2D eigenvalue weighted by Crippen LogP contribution is 2.09. The van der Waals surface area contributed by atoms with Crippen LogP contribution in [-0.2, 0) is 11.3 Å². The Morgan fingerprint density at radius 3 is 2.71 bits per heavy atom. The van der Waals surface area contributed by atoms with Gasteiger partial charge in [-0.3, -0.25) is 4.79 Å². The van der Waals surface area contributed by atoms with Crippen molar-refractivity contribution in [2.24, 2.45) is 0 Å². The van der Waals surface area contributed by atoms with Crippen molar-refractivity contribution in [3.8, 4) is 0 Å². The van der Waals surface area contributed by atoms with Crippen LogP contribution in [0.3, 0.4) is 0 Å². The maximum atomic E-state index is 12.9. The zero-order valence-electron chi connectivity index (χ0n) is 9.54. The highest BCUT2D eigenvalue weighted by atomic mass is 19.2. The smallest absolute Gasteiger partial charge is 0.303 e. The molecule has 0 amide bonds. The molecule has 0 heterocycles. The number of carbonyl (C=O) groups is 1. The third-order valence-corrected chi connectivity index (χ3v) is 2.43. The minimum atomic E-state index is -0.873. The normalized spacial score (nSPS) is 12.4. The molecule has 0 aliphatic heterocycles. The standard InChI is InChI=1S/C12H15F2NO2/c1-8(2-5-12(16)17)15-7-9-3-4-10(13)11(14)6-9/h3-4,6,8,15H,2,5,7H2,1H3,(H,16,17). The molecule has 0 saturated heterocycles. The summed E-state index contributed by atoms with van der Waals surface area (Å²) in [6.45, 7) is 2.24. The van der Waals surface area contributed by atoms with E-state index in [2.05, 4.69) is 5.32 Å². The van der Waals surface area contributed by atoms with Crippen molar-refractivity contribution in [1.82, 2.24) is 5.32 Å². The van der Waals surface area contributed by atoms with E-state index in [0.717, 1.165) is 12.1 Å². The summed E-state index contributed by atoms with van der Waals surface area (Å²) in [5.74, 6) is -2.58. The van der Waals surface area contributed by atoms with Crippen molar-refractivity contribution in [2.75, 3.05) is 0 Å². The Balaban J connectivity index is 2.39. The summed E-state index contributed by atoms with van der Waals surface area (Å²) in [5.41, 5.74) is 0.631. The van der Waals surface area contributed by atoms with E-state index in [9.17, 15) is 13.6 Å². The SMILES string of the molecule is CC(CCC(=O)O)NCc1ccc(F)c(F)c1. The van der Waals surface area contributed by atoms with Gasteiger partial charge in [-0.05, 0) is 31.0 Å². The van der Waals surface area contributed by atoms with Gasteiger partial charge in [-0.2, -0.15) is 0 Å². The topological polar surface area (TPSA) is 49.3 Å². The fraction of sp³-hybridized carbons (Fsp3) is 0.417. The molecule has 0 aliphatic carbocycles. The quantitative estimate of drug-likeness (QED) is 0.806. The van der Waals surface area contributed by atoms with E-state index >= 15 is 0 Å². The second-order valence-corrected chi connectivity index (χ2v) is 3.96. The molecule has 0 fully saturated rings. The van der Waals surface area contributed by atoms with Gasteiger partial charge in [-0.25, -0.2) is 8.78 Å². The number of nitrogens with one attached hydrogen (secondary N) is 1. The molecule has 5 heteroatoms. The summed E-state index contributed by atoms with van der Waals surface area (Å²) in [5, 5.41) is 11.5. The Morgan fingerprint density at radius 2 is 2.12 bits per heavy atom. The number of carboxylic acid groups (broad SMARTS) is 1. The van der Waals surface area contributed by atoms with Gasteiger partial charge in [0.15, 0.2) is 11.6 Å². The summed E-state index contributed by atoms with van der Waals surface area (Å²) >= 11 is 0. The lowest BCUT2D eigenvalue weighted by atomic mass is 10.1. The maximum absolute atomic E-state index is 12.9. The third-order valence-electron chi connectivity index (χ3n) is 2.43. The number of benzene rings is 1. The van der Waals surface area contributed by atoms with Crippen LogP contribution in [0.2, 0.25) is 0 Å². The van der Waals surface area contributed by atoms with Crippen molar-refractivity contribution in [1.29, 1.82) is 0 Å². The molecule has 0 aliphatic rings. The van der Waals surface area contributed by atoms with Crippen LogP contribution in [0.1, 0.15) is 25.3 Å². The minimum absolute atomic E-state index is 0.0132. The lowest BCUT2D eigenvalue weighted by Gasteiger charge is -2.12. The first-order valence-electron chi connectivity index (χ1n) is 5.38. The second kappa shape index (κ2) is 6.30. The fourth-order valence-electron chi connectivity index (χ4n) is 1.38. The van der Waals surface area contributed by atoms with Crippen LogP contribution in [0.5, 0.6) is 0 Å². The van der Waals surface area contributed by atoms with Gasteiger partial charge in [0.05, 0.1) is 0 Å². The van der Waals surface area contributed by atoms with E-state index in [1.165, 1.54) is 6.07 Å². The zero-order valence-corrected chi connectivity index (χ0v) is 9.54. The van der Waals surface area contributed by atoms with Crippen molar-refractivity contribution in [3.05, 3.63) is 35.4 Å². The zero-order chi connectivity index (χ0) is 12.8. The number of hydrogen-bond acceptors (Lipinski definition) is 2. The Bertz CT molecular complexity index is 396. The molecule has 0 saturated carbocycles. The molecule has 1 unspecified atom stereocenters. The lowest BCUT2D eigenvalue weighted by Crippen LogP contribution is -2.26. The number of halogens is 2. The Kier molecular flexibility index (Phi) is 5.03. The first-order chi connectivity index (χ1) is 7.99. The molecule has 0 bridgehead atoms. The minimum Gasteiger partial charge on any atom is -0.481 e. The molecule has 0 spiro atoms. The Hall–Kier alpha value is -1.49. The summed E-state index contributed by atoms with van der Waals surface area (Å²) < 4.78 is 25.5. The molecule has 2 N–H and O–H groups in total. The van der Waals surface area contributed by atoms with Crippen molar-refractivity contribution in [3.63, 3.8) is 0 Å². The second-order valence-electron chi connectivity index (χ2n) is 3.96. The van der Waals surface area contributed by atoms with Crippen molar-refractivity contribution < 1.29 is 18.7 Å². The summed E-state index contributed by atoms with van der Waals surface area (Å²) in [7, 11) is 0. The predicted molar refractivity (Wildman–Crippen MR) is 59.5 cm³/mol. The van der Waals surface area contributed by atoms with E-state index in [0.29, 0.717) is 18.5 Å². The van der Waals surface area contributed by atoms with Crippen LogP contribution in [0, 0.1) is 11.6 Å². The van der Waals surface area contributed by atoms with Crippen LogP contribution in [0.15, 0.2) is 18.2 Å². The van der Waals surface area contributed by atoms with E-state index in [1.54, 1.807) is 0 Å². The van der Waals surface area contributed by atoms with E-state index in [-0.39, 0.29) is 12.5 Å². The van der Waals surface area contributed by atoms with Crippen LogP contribution < -0.4 is 5.32 Å². The maximum Gasteiger partial charge on any atom is 0.303 e. The number of aliphatic carboxylic acids is 1. The number of carboxylic acids is 1. The first kappa shape index (κ1) is 13.6. The lowest BCUT2D eigenvalue weighted by molar-refractivity contribution is -0.137. The molecule has 0 radical (unpaired) electrons. The van der Waals surface area contributed by atoms with Crippen LogP contribution >= 0.6 is 0 Å². The Labute approximate surface area is 98.5 Å². The van der Waals surface area contributed by atoms with Gasteiger partial charge in [0.25, 0.3) is 0 Å². The van der Waals surface area contributed by atoms with E-state index in [4.69, 9.17) is 5.11 Å². The highest BCUT2D eigenvalue weighted by Gasteiger charge is 2.06. The first-order valence-corrected chi connectivity index (χ1v) is 5.38. The van der Waals surface area contributed by atoms with Crippen molar-refractivity contribution >= 4 is 5.97 Å². The molecule has 1 aromatic carbocycles. The number of hydrogen-bond donors (Lipinski definition) is 2. The molecule has 17 heavy (non-hydrogen) atoms. The Morgan fingerprint density at radius 1 is 1.41 bits per heavy atom. The van der Waals surface area contributed by atoms with Crippen molar-refractivity contribution in [2.45, 2.75) is 32.4 Å². The molecule has 3 nitrogen and oxygen atoms in total. The third kappa shape index (κ3) is 4.91. The van der Waals surface area contributed by atoms with Gasteiger partial charge in [0.2, 0.25) is 0 Å². The summed E-state index contributed by atoms with van der Waals surface area (Å²) in [4.78, 5) is 10.3. The summed E-state index contributed by atoms with van der Waals surface area (Å²) in [6.07, 6.45) is 0.588. The predicted octanol–water partition coefficient (Wildman–Crippen LogP) is 2.31. The van der Waals surface area contributed by atoms with Gasteiger partial charge in [0.1, 0.15) is 0 Å². The summed E-state index contributed by atoms with van der Waals surface area (Å²) in [6, 6.07) is 3.72. The van der Waals surface area contributed by atoms with Crippen LogP contribution in [0.25, 0.3) is 0 Å². The molecule has 1 aromatic rings. The van der Waals surface area contributed by atoms with Gasteiger partial charge in [-0.1, -0.05) is 6.07 Å². The van der Waals surface area contributed by atoms with Crippen LogP contribution in [0.4, 0.5) is 8.78 Å². The van der Waals surface area contributed by atoms with Gasteiger partial charge < -0.3 is 10.4 Å². The molecule has 94 valence electrons. The average Bonchev–Trinajstić information content (AvgIpc) is 2.28. The van der Waals surface area contributed by atoms with E-state index < -0.39 is 17.6 Å². The molecule has 1 atom stereocenters. The molecule has 1 rings (SSSR count). The van der Waals surface area contributed by atoms with Gasteiger partial charge in [-0.15, -0.1) is 0 Å². The molecular formula is C12H15F2NO2. The van der Waals surface area contributed by atoms with Gasteiger partial charge >= 0.3 is 5.97 Å². The van der Waals surface area contributed by atoms with E-state index in [1.807, 2.05) is 6.92 Å². The highest BCUT2D eigenvalue weighted by molar-refractivity contribution is 5.66. The van der Waals surface area contributed by atoms with Crippen LogP contribution in [-0.4, -0.2) is 17.1 Å². The molecule has 0 aromatic heterocycles.